The fourth-order valence-electron chi connectivity index (χ4n) is 0.816. The number of halogens is 4. The summed E-state index contributed by atoms with van der Waals surface area (Å²) in [6.45, 7) is -0.0464. The first-order valence-electron chi connectivity index (χ1n) is 3.52. The molecule has 78 valence electrons. The van der Waals surface area contributed by atoms with Crippen LogP contribution in [0.3, 0.4) is 0 Å². The zero-order chi connectivity index (χ0) is 10.8. The van der Waals surface area contributed by atoms with Crippen molar-refractivity contribution in [1.29, 1.82) is 0 Å². The summed E-state index contributed by atoms with van der Waals surface area (Å²) in [6, 6.07) is 1.49. The SMILES string of the molecule is NCc1cc(I)cnc1OC(F)(F)F. The van der Waals surface area contributed by atoms with E-state index in [4.69, 9.17) is 5.73 Å². The van der Waals surface area contributed by atoms with E-state index >= 15 is 0 Å². The topological polar surface area (TPSA) is 48.1 Å². The van der Waals surface area contributed by atoms with Crippen molar-refractivity contribution in [3.63, 3.8) is 0 Å². The molecule has 0 bridgehead atoms. The molecule has 0 aliphatic heterocycles. The van der Waals surface area contributed by atoms with Crippen LogP contribution in [0.5, 0.6) is 5.88 Å². The molecule has 0 atom stereocenters. The van der Waals surface area contributed by atoms with Gasteiger partial charge in [-0.05, 0) is 28.7 Å². The molecule has 0 radical (unpaired) electrons. The largest absolute Gasteiger partial charge is 0.574 e. The minimum atomic E-state index is -4.73. The van der Waals surface area contributed by atoms with Crippen molar-refractivity contribution in [3.05, 3.63) is 21.4 Å². The molecule has 0 amide bonds. The van der Waals surface area contributed by atoms with Crippen molar-refractivity contribution in [2.75, 3.05) is 0 Å². The highest BCUT2D eigenvalue weighted by molar-refractivity contribution is 14.1. The molecule has 2 N–H and O–H groups in total. The van der Waals surface area contributed by atoms with Gasteiger partial charge in [0.1, 0.15) is 0 Å². The van der Waals surface area contributed by atoms with Gasteiger partial charge in [0.05, 0.1) is 0 Å². The normalized spacial score (nSPS) is 11.5. The number of hydrogen-bond acceptors (Lipinski definition) is 3. The van der Waals surface area contributed by atoms with Gasteiger partial charge in [-0.15, -0.1) is 13.2 Å². The third-order valence-corrected chi connectivity index (χ3v) is 1.91. The average molecular weight is 318 g/mol. The Morgan fingerprint density at radius 2 is 2.14 bits per heavy atom. The Hall–Kier alpha value is -0.570. The van der Waals surface area contributed by atoms with Gasteiger partial charge < -0.3 is 10.5 Å². The molecule has 1 heterocycles. The van der Waals surface area contributed by atoms with Crippen molar-refractivity contribution in [2.24, 2.45) is 5.73 Å². The molecular formula is C7H6F3IN2O. The first kappa shape index (κ1) is 11.5. The predicted molar refractivity (Wildman–Crippen MR) is 51.5 cm³/mol. The lowest BCUT2D eigenvalue weighted by Crippen LogP contribution is -2.19. The fraction of sp³-hybridized carbons (Fsp3) is 0.286. The zero-order valence-electron chi connectivity index (χ0n) is 6.81. The van der Waals surface area contributed by atoms with Crippen LogP contribution >= 0.6 is 22.6 Å². The molecule has 0 saturated heterocycles. The molecule has 0 aliphatic carbocycles. The Bertz CT molecular complexity index is 329. The summed E-state index contributed by atoms with van der Waals surface area (Å²) in [7, 11) is 0. The Kier molecular flexibility index (Phi) is 3.53. The van der Waals surface area contributed by atoms with Crippen molar-refractivity contribution in [3.8, 4) is 5.88 Å². The molecule has 14 heavy (non-hydrogen) atoms. The second-order valence-electron chi connectivity index (χ2n) is 2.37. The molecule has 0 aromatic carbocycles. The molecule has 1 aromatic rings. The summed E-state index contributed by atoms with van der Waals surface area (Å²) in [4.78, 5) is 3.50. The van der Waals surface area contributed by atoms with Gasteiger partial charge >= 0.3 is 6.36 Å². The van der Waals surface area contributed by atoms with Crippen LogP contribution in [0.15, 0.2) is 12.3 Å². The van der Waals surface area contributed by atoms with Crippen LogP contribution in [-0.4, -0.2) is 11.3 Å². The summed E-state index contributed by atoms with van der Waals surface area (Å²) < 4.78 is 40.0. The van der Waals surface area contributed by atoms with E-state index in [0.717, 1.165) is 0 Å². The smallest absolute Gasteiger partial charge is 0.388 e. The van der Waals surface area contributed by atoms with Crippen LogP contribution in [0.1, 0.15) is 5.56 Å². The zero-order valence-corrected chi connectivity index (χ0v) is 8.96. The highest BCUT2D eigenvalue weighted by Gasteiger charge is 2.32. The van der Waals surface area contributed by atoms with Crippen LogP contribution in [-0.2, 0) is 6.54 Å². The summed E-state index contributed by atoms with van der Waals surface area (Å²) in [5.41, 5.74) is 5.48. The van der Waals surface area contributed by atoms with E-state index in [1.54, 1.807) is 0 Å². The van der Waals surface area contributed by atoms with Gasteiger partial charge in [-0.1, -0.05) is 0 Å². The van der Waals surface area contributed by atoms with Crippen molar-refractivity contribution in [2.45, 2.75) is 12.9 Å². The number of alkyl halides is 3. The minimum absolute atomic E-state index is 0.0464. The minimum Gasteiger partial charge on any atom is -0.388 e. The predicted octanol–water partition coefficient (Wildman–Crippen LogP) is 2.04. The van der Waals surface area contributed by atoms with E-state index in [1.165, 1.54) is 12.3 Å². The van der Waals surface area contributed by atoms with Gasteiger partial charge in [-0.2, -0.15) is 0 Å². The highest BCUT2D eigenvalue weighted by atomic mass is 127. The third-order valence-electron chi connectivity index (χ3n) is 1.32. The van der Waals surface area contributed by atoms with Gasteiger partial charge in [0.15, 0.2) is 0 Å². The molecule has 3 nitrogen and oxygen atoms in total. The number of aromatic nitrogens is 1. The summed E-state index contributed by atoms with van der Waals surface area (Å²) in [5, 5.41) is 0. The van der Waals surface area contributed by atoms with Crippen molar-refractivity contribution < 1.29 is 17.9 Å². The van der Waals surface area contributed by atoms with Gasteiger partial charge in [0.2, 0.25) is 5.88 Å². The Labute approximate surface area is 91.6 Å². The van der Waals surface area contributed by atoms with E-state index in [-0.39, 0.29) is 12.1 Å². The van der Waals surface area contributed by atoms with Crippen LogP contribution < -0.4 is 10.5 Å². The standard InChI is InChI=1S/C7H6F3IN2O/c8-7(9,10)14-6-4(2-12)1-5(11)3-13-6/h1,3H,2,12H2. The van der Waals surface area contributed by atoms with Crippen LogP contribution in [0, 0.1) is 3.57 Å². The molecule has 0 fully saturated rings. The molecule has 7 heteroatoms. The van der Waals surface area contributed by atoms with Crippen LogP contribution in [0.4, 0.5) is 13.2 Å². The lowest BCUT2D eigenvalue weighted by molar-refractivity contribution is -0.276. The first-order valence-corrected chi connectivity index (χ1v) is 4.60. The van der Waals surface area contributed by atoms with Crippen molar-refractivity contribution >= 4 is 22.6 Å². The van der Waals surface area contributed by atoms with Crippen molar-refractivity contribution in [1.82, 2.24) is 4.98 Å². The quantitative estimate of drug-likeness (QED) is 0.849. The van der Waals surface area contributed by atoms with Crippen LogP contribution in [0.25, 0.3) is 0 Å². The maximum atomic E-state index is 11.9. The van der Waals surface area contributed by atoms with E-state index < -0.39 is 12.2 Å². The number of pyridine rings is 1. The monoisotopic (exact) mass is 318 g/mol. The number of nitrogens with two attached hydrogens (primary N) is 1. The van der Waals surface area contributed by atoms with E-state index in [1.807, 2.05) is 22.6 Å². The molecule has 0 unspecified atom stereocenters. The average Bonchev–Trinajstić information content (AvgIpc) is 2.06. The number of nitrogens with zero attached hydrogens (tertiary/aromatic N) is 1. The second kappa shape index (κ2) is 4.30. The maximum Gasteiger partial charge on any atom is 0.574 e. The summed E-state index contributed by atoms with van der Waals surface area (Å²) in [5.74, 6) is -0.486. The molecule has 0 spiro atoms. The maximum absolute atomic E-state index is 11.9. The van der Waals surface area contributed by atoms with Gasteiger partial charge in [-0.25, -0.2) is 4.98 Å². The summed E-state index contributed by atoms with van der Waals surface area (Å²) >= 11 is 1.93. The first-order chi connectivity index (χ1) is 6.42. The van der Waals surface area contributed by atoms with E-state index in [9.17, 15) is 13.2 Å². The second-order valence-corrected chi connectivity index (χ2v) is 3.62. The fourth-order valence-corrected chi connectivity index (χ4v) is 1.33. The molecule has 0 aliphatic rings. The van der Waals surface area contributed by atoms with E-state index in [0.29, 0.717) is 3.57 Å². The van der Waals surface area contributed by atoms with Gasteiger partial charge in [0.25, 0.3) is 0 Å². The lowest BCUT2D eigenvalue weighted by atomic mass is 10.3. The summed E-state index contributed by atoms with van der Waals surface area (Å²) in [6.07, 6.45) is -3.45. The number of rotatable bonds is 2. The third kappa shape index (κ3) is 3.29. The van der Waals surface area contributed by atoms with Crippen LogP contribution in [0.2, 0.25) is 0 Å². The lowest BCUT2D eigenvalue weighted by Gasteiger charge is -2.10. The number of ether oxygens (including phenoxy) is 1. The van der Waals surface area contributed by atoms with E-state index in [2.05, 4.69) is 9.72 Å². The molecule has 1 rings (SSSR count). The Morgan fingerprint density at radius 1 is 1.50 bits per heavy atom. The molecule has 1 aromatic heterocycles. The highest BCUT2D eigenvalue weighted by Crippen LogP contribution is 2.24. The Morgan fingerprint density at radius 3 is 2.64 bits per heavy atom. The van der Waals surface area contributed by atoms with Gasteiger partial charge in [0, 0.05) is 21.9 Å². The number of hydrogen-bond donors (Lipinski definition) is 1. The van der Waals surface area contributed by atoms with Gasteiger partial charge in [-0.3, -0.25) is 0 Å². The molecular weight excluding hydrogens is 312 g/mol. The Balaban J connectivity index is 2.97. The molecule has 0 saturated carbocycles.